The van der Waals surface area contributed by atoms with Crippen molar-refractivity contribution < 1.29 is 9.31 Å². The Morgan fingerprint density at radius 1 is 1.53 bits per heavy atom. The Bertz CT molecular complexity index is 615. The van der Waals surface area contributed by atoms with Crippen LogP contribution in [0.2, 0.25) is 0 Å². The Hall–Kier alpha value is -2.02. The van der Waals surface area contributed by atoms with Gasteiger partial charge in [0.1, 0.15) is 12.0 Å². The highest BCUT2D eigenvalue weighted by Crippen LogP contribution is 2.28. The van der Waals surface area contributed by atoms with Crippen molar-refractivity contribution in [2.24, 2.45) is 0 Å². The number of thiazole rings is 1. The summed E-state index contributed by atoms with van der Waals surface area (Å²) in [6.07, 6.45) is 1.20. The van der Waals surface area contributed by atoms with Crippen LogP contribution in [0, 0.1) is 22.9 Å². The molecule has 1 unspecified atom stereocenters. The molecule has 5 nitrogen and oxygen atoms in total. The number of hydrogen-bond donors (Lipinski definition) is 1. The van der Waals surface area contributed by atoms with Crippen molar-refractivity contribution in [3.8, 4) is 0 Å². The molecule has 0 aliphatic rings. The highest BCUT2D eigenvalue weighted by molar-refractivity contribution is 7.18. The summed E-state index contributed by atoms with van der Waals surface area (Å²) in [6, 6.07) is 4.79. The number of nitro groups is 1. The van der Waals surface area contributed by atoms with Crippen LogP contribution in [-0.4, -0.2) is 9.91 Å². The molecule has 100 valence electrons. The Labute approximate surface area is 113 Å². The third-order valence-electron chi connectivity index (χ3n) is 2.71. The lowest BCUT2D eigenvalue weighted by atomic mass is 10.1. The van der Waals surface area contributed by atoms with E-state index in [9.17, 15) is 14.5 Å². The first-order valence-electron chi connectivity index (χ1n) is 5.60. The molecule has 1 N–H and O–H groups in total. The first-order valence-corrected chi connectivity index (χ1v) is 6.42. The molecule has 1 heterocycles. The van der Waals surface area contributed by atoms with Crippen molar-refractivity contribution in [2.75, 3.05) is 5.32 Å². The number of rotatable bonds is 4. The van der Waals surface area contributed by atoms with E-state index in [1.165, 1.54) is 12.3 Å². The van der Waals surface area contributed by atoms with Gasteiger partial charge < -0.3 is 5.32 Å². The van der Waals surface area contributed by atoms with Gasteiger partial charge in [0.15, 0.2) is 5.13 Å². The fraction of sp³-hybridized carbons (Fsp3) is 0.250. The van der Waals surface area contributed by atoms with E-state index in [1.54, 1.807) is 13.0 Å². The van der Waals surface area contributed by atoms with E-state index < -0.39 is 4.92 Å². The quantitative estimate of drug-likeness (QED) is 0.685. The van der Waals surface area contributed by atoms with Crippen LogP contribution < -0.4 is 5.32 Å². The standard InChI is InChI=1S/C12H12FN3O2S/c1-7-3-4-9(5-10(7)13)8(2)15-12-14-6-11(19-12)16(17)18/h3-6,8H,1-2H3,(H,14,15). The monoisotopic (exact) mass is 281 g/mol. The molecule has 7 heteroatoms. The number of halogens is 1. The number of nitrogens with one attached hydrogen (secondary N) is 1. The van der Waals surface area contributed by atoms with Crippen LogP contribution in [0.3, 0.4) is 0 Å². The zero-order valence-corrected chi connectivity index (χ0v) is 11.2. The van der Waals surface area contributed by atoms with Crippen LogP contribution in [-0.2, 0) is 0 Å². The number of benzene rings is 1. The van der Waals surface area contributed by atoms with E-state index in [1.807, 2.05) is 13.0 Å². The van der Waals surface area contributed by atoms with Crippen LogP contribution in [0.5, 0.6) is 0 Å². The first kappa shape index (κ1) is 13.4. The first-order chi connectivity index (χ1) is 8.97. The topological polar surface area (TPSA) is 68.1 Å². The second kappa shape index (κ2) is 5.31. The lowest BCUT2D eigenvalue weighted by Gasteiger charge is -2.13. The normalized spacial score (nSPS) is 12.2. The molecule has 2 rings (SSSR count). The second-order valence-electron chi connectivity index (χ2n) is 4.14. The minimum atomic E-state index is -0.487. The van der Waals surface area contributed by atoms with E-state index in [2.05, 4.69) is 10.3 Å². The zero-order valence-electron chi connectivity index (χ0n) is 10.4. The zero-order chi connectivity index (χ0) is 14.0. The van der Waals surface area contributed by atoms with Gasteiger partial charge in [-0.25, -0.2) is 9.37 Å². The lowest BCUT2D eigenvalue weighted by Crippen LogP contribution is -2.06. The highest BCUT2D eigenvalue weighted by Gasteiger charge is 2.14. The van der Waals surface area contributed by atoms with E-state index in [0.717, 1.165) is 16.9 Å². The van der Waals surface area contributed by atoms with Gasteiger partial charge in [-0.15, -0.1) is 0 Å². The maximum Gasteiger partial charge on any atom is 0.345 e. The van der Waals surface area contributed by atoms with Crippen molar-refractivity contribution >= 4 is 21.5 Å². The summed E-state index contributed by atoms with van der Waals surface area (Å²) < 4.78 is 13.5. The van der Waals surface area contributed by atoms with Crippen LogP contribution in [0.25, 0.3) is 0 Å². The van der Waals surface area contributed by atoms with Gasteiger partial charge in [0.05, 0.1) is 11.0 Å². The number of aromatic nitrogens is 1. The lowest BCUT2D eigenvalue weighted by molar-refractivity contribution is -0.380. The predicted molar refractivity (Wildman–Crippen MR) is 71.9 cm³/mol. The maximum atomic E-state index is 13.5. The molecule has 0 saturated carbocycles. The van der Waals surface area contributed by atoms with Crippen molar-refractivity contribution in [3.63, 3.8) is 0 Å². The minimum absolute atomic E-state index is 0.0233. The molecule has 1 aromatic carbocycles. The third kappa shape index (κ3) is 3.05. The average molecular weight is 281 g/mol. The van der Waals surface area contributed by atoms with Gasteiger partial charge >= 0.3 is 5.00 Å². The van der Waals surface area contributed by atoms with Gasteiger partial charge in [-0.2, -0.15) is 0 Å². The Morgan fingerprint density at radius 3 is 2.84 bits per heavy atom. The molecule has 0 amide bonds. The van der Waals surface area contributed by atoms with Gasteiger partial charge in [-0.1, -0.05) is 12.1 Å². The molecule has 0 saturated heterocycles. The van der Waals surface area contributed by atoms with Gasteiger partial charge in [-0.3, -0.25) is 10.1 Å². The molecule has 2 aromatic rings. The summed E-state index contributed by atoms with van der Waals surface area (Å²) in [5.74, 6) is -0.267. The Kier molecular flexibility index (Phi) is 3.75. The summed E-state index contributed by atoms with van der Waals surface area (Å²) >= 11 is 0.956. The average Bonchev–Trinajstić information content (AvgIpc) is 2.81. The molecular formula is C12H12FN3O2S. The minimum Gasteiger partial charge on any atom is -0.355 e. The summed E-state index contributed by atoms with van der Waals surface area (Å²) in [7, 11) is 0. The Morgan fingerprint density at radius 2 is 2.26 bits per heavy atom. The van der Waals surface area contributed by atoms with Crippen LogP contribution >= 0.6 is 11.3 Å². The molecule has 0 radical (unpaired) electrons. The molecule has 0 bridgehead atoms. The van der Waals surface area contributed by atoms with Crippen LogP contribution in [0.15, 0.2) is 24.4 Å². The van der Waals surface area contributed by atoms with E-state index in [-0.39, 0.29) is 16.9 Å². The van der Waals surface area contributed by atoms with Crippen LogP contribution in [0.1, 0.15) is 24.1 Å². The van der Waals surface area contributed by atoms with Gasteiger partial charge in [0, 0.05) is 0 Å². The molecule has 1 atom stereocenters. The van der Waals surface area contributed by atoms with E-state index in [4.69, 9.17) is 0 Å². The summed E-state index contributed by atoms with van der Waals surface area (Å²) in [5, 5.41) is 14.0. The molecule has 0 fully saturated rings. The van der Waals surface area contributed by atoms with E-state index in [0.29, 0.717) is 10.7 Å². The SMILES string of the molecule is Cc1ccc(C(C)Nc2ncc([N+](=O)[O-])s2)cc1F. The largest absolute Gasteiger partial charge is 0.355 e. The van der Waals surface area contributed by atoms with Crippen molar-refractivity contribution in [1.82, 2.24) is 4.98 Å². The third-order valence-corrected chi connectivity index (χ3v) is 3.59. The van der Waals surface area contributed by atoms with Gasteiger partial charge in [-0.05, 0) is 42.4 Å². The predicted octanol–water partition coefficient (Wildman–Crippen LogP) is 3.67. The fourth-order valence-electron chi connectivity index (χ4n) is 1.56. The summed E-state index contributed by atoms with van der Waals surface area (Å²) in [6.45, 7) is 3.54. The summed E-state index contributed by atoms with van der Waals surface area (Å²) in [4.78, 5) is 14.0. The molecule has 0 aliphatic carbocycles. The molecule has 0 aliphatic heterocycles. The smallest absolute Gasteiger partial charge is 0.345 e. The summed E-state index contributed by atoms with van der Waals surface area (Å²) in [5.41, 5.74) is 1.35. The van der Waals surface area contributed by atoms with E-state index >= 15 is 0 Å². The van der Waals surface area contributed by atoms with Crippen molar-refractivity contribution in [2.45, 2.75) is 19.9 Å². The van der Waals surface area contributed by atoms with Crippen molar-refractivity contribution in [3.05, 3.63) is 51.5 Å². The molecule has 0 spiro atoms. The van der Waals surface area contributed by atoms with Crippen molar-refractivity contribution in [1.29, 1.82) is 0 Å². The molecule has 1 aromatic heterocycles. The molecular weight excluding hydrogens is 269 g/mol. The van der Waals surface area contributed by atoms with Crippen LogP contribution in [0.4, 0.5) is 14.5 Å². The van der Waals surface area contributed by atoms with Gasteiger partial charge in [0.25, 0.3) is 0 Å². The number of nitrogens with zero attached hydrogens (tertiary/aromatic N) is 2. The highest BCUT2D eigenvalue weighted by atomic mass is 32.1. The maximum absolute atomic E-state index is 13.5. The molecule has 19 heavy (non-hydrogen) atoms. The second-order valence-corrected chi connectivity index (χ2v) is 5.14. The Balaban J connectivity index is 2.13. The number of aryl methyl sites for hydroxylation is 1. The fourth-order valence-corrected chi connectivity index (χ4v) is 2.28. The number of hydrogen-bond acceptors (Lipinski definition) is 5. The number of anilines is 1. The van der Waals surface area contributed by atoms with Gasteiger partial charge in [0.2, 0.25) is 0 Å².